The summed E-state index contributed by atoms with van der Waals surface area (Å²) >= 11 is 3.48. The second-order valence-electron chi connectivity index (χ2n) is 4.26. The van der Waals surface area contributed by atoms with E-state index < -0.39 is 0 Å². The largest absolute Gasteiger partial charge is 0.507 e. The Morgan fingerprint density at radius 2 is 2.17 bits per heavy atom. The highest BCUT2D eigenvalue weighted by atomic mass is 79.9. The molecule has 0 atom stereocenters. The fourth-order valence-corrected chi connectivity index (χ4v) is 2.45. The molecule has 0 aliphatic carbocycles. The van der Waals surface area contributed by atoms with Gasteiger partial charge in [0.25, 0.3) is 0 Å². The SMILES string of the molecule is CC(C)c1cc(O)c(-c2noc(CN)n2)cc1Br. The second kappa shape index (κ2) is 5.07. The lowest BCUT2D eigenvalue weighted by atomic mass is 10.0. The van der Waals surface area contributed by atoms with Gasteiger partial charge in [-0.1, -0.05) is 34.9 Å². The highest BCUT2D eigenvalue weighted by molar-refractivity contribution is 9.10. The first kappa shape index (κ1) is 13.0. The van der Waals surface area contributed by atoms with Crippen molar-refractivity contribution >= 4 is 15.9 Å². The lowest BCUT2D eigenvalue weighted by Gasteiger charge is -2.10. The zero-order valence-corrected chi connectivity index (χ0v) is 11.7. The number of halogens is 1. The number of nitrogens with zero attached hydrogens (tertiary/aromatic N) is 2. The van der Waals surface area contributed by atoms with Crippen LogP contribution in [0.1, 0.15) is 31.2 Å². The summed E-state index contributed by atoms with van der Waals surface area (Å²) in [6, 6.07) is 3.50. The Hall–Kier alpha value is -1.40. The second-order valence-corrected chi connectivity index (χ2v) is 5.12. The van der Waals surface area contributed by atoms with Gasteiger partial charge < -0.3 is 15.4 Å². The third-order valence-electron chi connectivity index (χ3n) is 2.62. The van der Waals surface area contributed by atoms with Crippen LogP contribution in [-0.2, 0) is 6.54 Å². The number of aromatic nitrogens is 2. The Kier molecular flexibility index (Phi) is 3.68. The van der Waals surface area contributed by atoms with E-state index in [4.69, 9.17) is 10.3 Å². The fraction of sp³-hybridized carbons (Fsp3) is 0.333. The Morgan fingerprint density at radius 3 is 2.72 bits per heavy atom. The zero-order valence-electron chi connectivity index (χ0n) is 10.1. The molecule has 2 rings (SSSR count). The van der Waals surface area contributed by atoms with Gasteiger partial charge in [-0.25, -0.2) is 0 Å². The summed E-state index contributed by atoms with van der Waals surface area (Å²) in [7, 11) is 0. The molecule has 0 radical (unpaired) electrons. The van der Waals surface area contributed by atoms with Gasteiger partial charge in [-0.2, -0.15) is 4.98 Å². The minimum atomic E-state index is 0.131. The molecule has 0 amide bonds. The van der Waals surface area contributed by atoms with Crippen molar-refractivity contribution in [3.05, 3.63) is 28.1 Å². The van der Waals surface area contributed by atoms with Gasteiger partial charge in [0.15, 0.2) is 0 Å². The summed E-state index contributed by atoms with van der Waals surface area (Å²) in [4.78, 5) is 4.09. The van der Waals surface area contributed by atoms with Crippen LogP contribution < -0.4 is 5.73 Å². The molecule has 0 spiro atoms. The number of phenols is 1. The molecule has 96 valence electrons. The Balaban J connectivity index is 2.49. The van der Waals surface area contributed by atoms with E-state index in [9.17, 15) is 5.11 Å². The standard InChI is InChI=1S/C12H14BrN3O2/c1-6(2)7-4-10(17)8(3-9(7)13)12-15-11(5-14)18-16-12/h3-4,6,17H,5,14H2,1-2H3. The molecule has 0 saturated heterocycles. The number of nitrogens with two attached hydrogens (primary N) is 1. The lowest BCUT2D eigenvalue weighted by Crippen LogP contribution is -1.96. The number of aromatic hydroxyl groups is 1. The average Bonchev–Trinajstić information content (AvgIpc) is 2.79. The topological polar surface area (TPSA) is 85.2 Å². The molecule has 1 aromatic heterocycles. The Labute approximate surface area is 113 Å². The average molecular weight is 312 g/mol. The third-order valence-corrected chi connectivity index (χ3v) is 3.31. The van der Waals surface area contributed by atoms with E-state index >= 15 is 0 Å². The zero-order chi connectivity index (χ0) is 13.3. The van der Waals surface area contributed by atoms with Crippen molar-refractivity contribution < 1.29 is 9.63 Å². The molecule has 1 aromatic carbocycles. The predicted octanol–water partition coefficient (Wildman–Crippen LogP) is 2.79. The molecule has 18 heavy (non-hydrogen) atoms. The van der Waals surface area contributed by atoms with Crippen LogP contribution in [0.25, 0.3) is 11.4 Å². The molecule has 1 heterocycles. The maximum absolute atomic E-state index is 10.0. The normalized spacial score (nSPS) is 11.2. The summed E-state index contributed by atoms with van der Waals surface area (Å²) in [5.74, 6) is 1.12. The van der Waals surface area contributed by atoms with E-state index in [-0.39, 0.29) is 12.3 Å². The van der Waals surface area contributed by atoms with Gasteiger partial charge in [0.1, 0.15) is 5.75 Å². The van der Waals surface area contributed by atoms with E-state index in [2.05, 4.69) is 39.9 Å². The summed E-state index contributed by atoms with van der Waals surface area (Å²) in [6.45, 7) is 4.29. The quantitative estimate of drug-likeness (QED) is 0.910. The van der Waals surface area contributed by atoms with Crippen LogP contribution in [0.3, 0.4) is 0 Å². The molecule has 0 bridgehead atoms. The fourth-order valence-electron chi connectivity index (χ4n) is 1.65. The van der Waals surface area contributed by atoms with Crippen LogP contribution in [-0.4, -0.2) is 15.2 Å². The van der Waals surface area contributed by atoms with Gasteiger partial charge in [0.2, 0.25) is 11.7 Å². The van der Waals surface area contributed by atoms with Crippen LogP contribution >= 0.6 is 15.9 Å². The first-order chi connectivity index (χ1) is 8.52. The number of phenolic OH excluding ortho intramolecular Hbond substituents is 1. The molecule has 0 aliphatic heterocycles. The maximum Gasteiger partial charge on any atom is 0.240 e. The van der Waals surface area contributed by atoms with Gasteiger partial charge in [0, 0.05) is 4.47 Å². The number of rotatable bonds is 3. The minimum absolute atomic E-state index is 0.131. The minimum Gasteiger partial charge on any atom is -0.507 e. The smallest absolute Gasteiger partial charge is 0.240 e. The molecule has 0 saturated carbocycles. The highest BCUT2D eigenvalue weighted by Gasteiger charge is 2.15. The van der Waals surface area contributed by atoms with Crippen LogP contribution in [0, 0.1) is 0 Å². The van der Waals surface area contributed by atoms with Crippen molar-refractivity contribution in [3.8, 4) is 17.1 Å². The first-order valence-corrected chi connectivity index (χ1v) is 6.37. The van der Waals surface area contributed by atoms with Crippen LogP contribution in [0.5, 0.6) is 5.75 Å². The third kappa shape index (κ3) is 2.39. The van der Waals surface area contributed by atoms with Gasteiger partial charge >= 0.3 is 0 Å². The Morgan fingerprint density at radius 1 is 1.44 bits per heavy atom. The van der Waals surface area contributed by atoms with Crippen LogP contribution in [0.2, 0.25) is 0 Å². The summed E-state index contributed by atoms with van der Waals surface area (Å²) in [5, 5.41) is 13.8. The van der Waals surface area contributed by atoms with Gasteiger partial charge in [0.05, 0.1) is 12.1 Å². The summed E-state index contributed by atoms with van der Waals surface area (Å²) < 4.78 is 5.84. The van der Waals surface area contributed by atoms with Gasteiger partial charge in [-0.05, 0) is 23.6 Å². The van der Waals surface area contributed by atoms with Crippen LogP contribution in [0.4, 0.5) is 0 Å². The molecule has 5 nitrogen and oxygen atoms in total. The lowest BCUT2D eigenvalue weighted by molar-refractivity contribution is 0.380. The van der Waals surface area contributed by atoms with Gasteiger partial charge in [-0.3, -0.25) is 0 Å². The van der Waals surface area contributed by atoms with Crippen molar-refractivity contribution in [3.63, 3.8) is 0 Å². The number of benzene rings is 1. The molecule has 0 fully saturated rings. The number of hydrogen-bond donors (Lipinski definition) is 2. The summed E-state index contributed by atoms with van der Waals surface area (Å²) in [6.07, 6.45) is 0. The van der Waals surface area contributed by atoms with E-state index in [1.54, 1.807) is 12.1 Å². The van der Waals surface area contributed by atoms with Crippen molar-refractivity contribution in [2.45, 2.75) is 26.3 Å². The van der Waals surface area contributed by atoms with Crippen molar-refractivity contribution in [1.29, 1.82) is 0 Å². The van der Waals surface area contributed by atoms with Crippen LogP contribution in [0.15, 0.2) is 21.1 Å². The molecule has 2 aromatic rings. The maximum atomic E-state index is 10.0. The van der Waals surface area contributed by atoms with E-state index in [1.807, 2.05) is 0 Å². The van der Waals surface area contributed by atoms with Crippen molar-refractivity contribution in [2.75, 3.05) is 0 Å². The number of hydrogen-bond acceptors (Lipinski definition) is 5. The molecule has 0 unspecified atom stereocenters. The molecule has 3 N–H and O–H groups in total. The molecular formula is C12H14BrN3O2. The highest BCUT2D eigenvalue weighted by Crippen LogP contribution is 2.35. The van der Waals surface area contributed by atoms with Crippen molar-refractivity contribution in [2.24, 2.45) is 5.73 Å². The molecule has 6 heteroatoms. The molecule has 0 aliphatic rings. The summed E-state index contributed by atoms with van der Waals surface area (Å²) in [5.41, 5.74) is 6.95. The van der Waals surface area contributed by atoms with E-state index in [1.165, 1.54) is 0 Å². The van der Waals surface area contributed by atoms with Gasteiger partial charge in [-0.15, -0.1) is 0 Å². The van der Waals surface area contributed by atoms with E-state index in [0.717, 1.165) is 10.0 Å². The monoisotopic (exact) mass is 311 g/mol. The predicted molar refractivity (Wildman–Crippen MR) is 71.1 cm³/mol. The Bertz CT molecular complexity index is 566. The first-order valence-electron chi connectivity index (χ1n) is 5.58. The van der Waals surface area contributed by atoms with E-state index in [0.29, 0.717) is 23.2 Å². The van der Waals surface area contributed by atoms with Crippen molar-refractivity contribution in [1.82, 2.24) is 10.1 Å². The molecular weight excluding hydrogens is 298 g/mol.